The lowest BCUT2D eigenvalue weighted by Gasteiger charge is -2.12. The first-order valence-corrected chi connectivity index (χ1v) is 4.60. The highest BCUT2D eigenvalue weighted by molar-refractivity contribution is 7.31. The van der Waals surface area contributed by atoms with Gasteiger partial charge < -0.3 is 0 Å². The number of carbonyl (C=O) groups is 1. The van der Waals surface area contributed by atoms with Gasteiger partial charge in [0.1, 0.15) is 5.78 Å². The van der Waals surface area contributed by atoms with Crippen molar-refractivity contribution in [2.75, 3.05) is 0 Å². The predicted molar refractivity (Wildman–Crippen MR) is 35.6 cm³/mol. The molecule has 1 aliphatic rings. The maximum atomic E-state index is 10.6. The molecule has 0 spiro atoms. The number of ketones is 1. The Hall–Kier alpha value is -0.430. The molecule has 0 bridgehead atoms. The quantitative estimate of drug-likeness (QED) is 0.548. The fourth-order valence-electron chi connectivity index (χ4n) is 1.14. The molecule has 1 saturated carbocycles. The molecule has 56 valence electrons. The van der Waals surface area contributed by atoms with Gasteiger partial charge in [-0.25, -0.2) is 9.13 Å². The van der Waals surface area contributed by atoms with Crippen LogP contribution in [0.5, 0.6) is 0 Å². The van der Waals surface area contributed by atoms with Crippen LogP contribution in [-0.2, 0) is 13.9 Å². The second kappa shape index (κ2) is 3.11. The second-order valence-electron chi connectivity index (χ2n) is 2.56. The Balaban J connectivity index is 2.47. The van der Waals surface area contributed by atoms with Crippen LogP contribution < -0.4 is 0 Å². The second-order valence-corrected chi connectivity index (χ2v) is 3.86. The normalized spacial score (nSPS) is 21.0. The number of rotatable bonds is 1. The zero-order valence-corrected chi connectivity index (χ0v) is 6.47. The van der Waals surface area contributed by atoms with E-state index in [0.717, 1.165) is 0 Å². The Bertz CT molecular complexity index is 189. The van der Waals surface area contributed by atoms with E-state index in [1.807, 2.05) is 0 Å². The maximum absolute atomic E-state index is 10.6. The van der Waals surface area contributed by atoms with E-state index in [2.05, 4.69) is 0 Å². The average Bonchev–Trinajstić information content (AvgIpc) is 1.88. The number of hydrogen-bond acceptors (Lipinski definition) is 3. The van der Waals surface area contributed by atoms with Crippen LogP contribution in [0.2, 0.25) is 0 Å². The Morgan fingerprint density at radius 2 is 1.70 bits per heavy atom. The van der Waals surface area contributed by atoms with E-state index in [-0.39, 0.29) is 11.4 Å². The highest BCUT2D eigenvalue weighted by Gasteiger charge is 2.22. The zero-order valence-electron chi connectivity index (χ0n) is 5.58. The predicted octanol–water partition coefficient (Wildman–Crippen LogP) is 1.67. The molecule has 4 heteroatoms. The van der Waals surface area contributed by atoms with Gasteiger partial charge in [-0.3, -0.25) is 4.79 Å². The Morgan fingerprint density at radius 3 is 2.10 bits per heavy atom. The Labute approximate surface area is 59.6 Å². The third-order valence-corrected chi connectivity index (χ3v) is 2.92. The van der Waals surface area contributed by atoms with Gasteiger partial charge in [-0.05, 0) is 12.8 Å². The monoisotopic (exact) mass is 160 g/mol. The van der Waals surface area contributed by atoms with E-state index in [9.17, 15) is 13.9 Å². The average molecular weight is 160 g/mol. The van der Waals surface area contributed by atoms with E-state index in [4.69, 9.17) is 0 Å². The molecule has 0 aromatic carbocycles. The molecule has 1 aliphatic carbocycles. The van der Waals surface area contributed by atoms with Crippen molar-refractivity contribution >= 4 is 13.5 Å². The summed E-state index contributed by atoms with van der Waals surface area (Å²) in [5.74, 6) is 0.202. The first-order chi connectivity index (χ1) is 4.70. The molecule has 0 unspecified atom stereocenters. The third kappa shape index (κ3) is 1.77. The molecule has 0 N–H and O–H groups in total. The maximum Gasteiger partial charge on any atom is 0.318 e. The summed E-state index contributed by atoms with van der Waals surface area (Å²) in [5, 5.41) is 0. The lowest BCUT2D eigenvalue weighted by Crippen LogP contribution is -2.13. The summed E-state index contributed by atoms with van der Waals surface area (Å²) < 4.78 is 20.8. The van der Waals surface area contributed by atoms with Crippen LogP contribution in [0.15, 0.2) is 0 Å². The van der Waals surface area contributed by atoms with Crippen molar-refractivity contribution in [1.29, 1.82) is 0 Å². The van der Waals surface area contributed by atoms with Gasteiger partial charge >= 0.3 is 7.68 Å². The molecule has 0 aromatic rings. The fourth-order valence-corrected chi connectivity index (χ4v) is 1.82. The van der Waals surface area contributed by atoms with Crippen LogP contribution in [0.3, 0.4) is 0 Å². The van der Waals surface area contributed by atoms with E-state index >= 15 is 0 Å². The summed E-state index contributed by atoms with van der Waals surface area (Å²) in [6.45, 7) is 0. The molecule has 3 nitrogen and oxygen atoms in total. The van der Waals surface area contributed by atoms with Crippen molar-refractivity contribution in [3.8, 4) is 0 Å². The minimum atomic E-state index is -2.29. The first-order valence-electron chi connectivity index (χ1n) is 3.35. The summed E-state index contributed by atoms with van der Waals surface area (Å²) >= 11 is 0. The van der Waals surface area contributed by atoms with Gasteiger partial charge in [0.05, 0.1) is 5.66 Å². The van der Waals surface area contributed by atoms with Crippen LogP contribution in [-0.4, -0.2) is 11.4 Å². The van der Waals surface area contributed by atoms with E-state index in [1.165, 1.54) is 0 Å². The fraction of sp³-hybridized carbons (Fsp3) is 0.833. The Kier molecular flexibility index (Phi) is 2.39. The van der Waals surface area contributed by atoms with Crippen molar-refractivity contribution in [3.05, 3.63) is 0 Å². The SMILES string of the molecule is O=C1CCC(P(=O)=O)CC1. The largest absolute Gasteiger partial charge is 0.318 e. The van der Waals surface area contributed by atoms with Gasteiger partial charge in [-0.1, -0.05) is 0 Å². The van der Waals surface area contributed by atoms with Gasteiger partial charge in [0.15, 0.2) is 0 Å². The van der Waals surface area contributed by atoms with Gasteiger partial charge in [-0.15, -0.1) is 0 Å². The number of Topliss-reactive ketones (excluding diaryl/α,β-unsaturated/α-hetero) is 1. The standard InChI is InChI=1S/C6H9O3P/c7-5-1-3-6(4-2-5)10(8)9/h6H,1-4H2. The highest BCUT2D eigenvalue weighted by atomic mass is 31.1. The molecule has 1 fully saturated rings. The number of carbonyl (C=O) groups excluding carboxylic acids is 1. The van der Waals surface area contributed by atoms with Gasteiger partial charge in [0, 0.05) is 12.8 Å². The molecule has 10 heavy (non-hydrogen) atoms. The van der Waals surface area contributed by atoms with Crippen molar-refractivity contribution in [3.63, 3.8) is 0 Å². The van der Waals surface area contributed by atoms with Crippen LogP contribution >= 0.6 is 7.68 Å². The number of hydrogen-bond donors (Lipinski definition) is 0. The van der Waals surface area contributed by atoms with Crippen molar-refractivity contribution < 1.29 is 13.9 Å². The minimum Gasteiger partial charge on any atom is -0.300 e. The van der Waals surface area contributed by atoms with E-state index < -0.39 is 7.68 Å². The summed E-state index contributed by atoms with van der Waals surface area (Å²) in [6.07, 6.45) is 1.98. The van der Waals surface area contributed by atoms with Crippen molar-refractivity contribution in [2.24, 2.45) is 0 Å². The molecular weight excluding hydrogens is 151 g/mol. The topological polar surface area (TPSA) is 51.2 Å². The summed E-state index contributed by atoms with van der Waals surface area (Å²) in [7, 11) is -2.29. The molecule has 0 aliphatic heterocycles. The molecule has 0 radical (unpaired) electrons. The smallest absolute Gasteiger partial charge is 0.300 e. The van der Waals surface area contributed by atoms with E-state index in [1.54, 1.807) is 0 Å². The summed E-state index contributed by atoms with van der Waals surface area (Å²) in [5.41, 5.74) is -0.229. The lowest BCUT2D eigenvalue weighted by atomic mass is 9.99. The first kappa shape index (κ1) is 7.67. The van der Waals surface area contributed by atoms with Crippen LogP contribution in [0.25, 0.3) is 0 Å². The van der Waals surface area contributed by atoms with Crippen molar-refractivity contribution in [1.82, 2.24) is 0 Å². The van der Waals surface area contributed by atoms with Gasteiger partial charge in [0.2, 0.25) is 0 Å². The van der Waals surface area contributed by atoms with E-state index in [0.29, 0.717) is 25.7 Å². The summed E-state index contributed by atoms with van der Waals surface area (Å²) in [4.78, 5) is 10.6. The zero-order chi connectivity index (χ0) is 7.56. The van der Waals surface area contributed by atoms with Gasteiger partial charge in [-0.2, -0.15) is 0 Å². The lowest BCUT2D eigenvalue weighted by molar-refractivity contribution is -0.120. The molecule has 0 atom stereocenters. The van der Waals surface area contributed by atoms with Crippen LogP contribution in [0, 0.1) is 0 Å². The molecule has 1 rings (SSSR count). The minimum absolute atomic E-state index is 0.202. The molecule has 0 saturated heterocycles. The molecule has 0 aromatic heterocycles. The summed E-state index contributed by atoms with van der Waals surface area (Å²) in [6, 6.07) is 0. The molecular formula is C6H9O3P. The molecule has 0 amide bonds. The van der Waals surface area contributed by atoms with Crippen LogP contribution in [0.1, 0.15) is 25.7 Å². The van der Waals surface area contributed by atoms with Crippen LogP contribution in [0.4, 0.5) is 0 Å². The van der Waals surface area contributed by atoms with Gasteiger partial charge in [0.25, 0.3) is 0 Å². The molecule has 0 heterocycles. The Morgan fingerprint density at radius 1 is 1.20 bits per heavy atom. The van der Waals surface area contributed by atoms with Crippen molar-refractivity contribution in [2.45, 2.75) is 31.3 Å². The third-order valence-electron chi connectivity index (χ3n) is 1.81. The highest BCUT2D eigenvalue weighted by Crippen LogP contribution is 2.28.